The normalized spacial score (nSPS) is 33.2. The van der Waals surface area contributed by atoms with Crippen LogP contribution in [0.1, 0.15) is 33.1 Å². The molecule has 0 spiro atoms. The third kappa shape index (κ3) is 3.78. The zero-order valence-electron chi connectivity index (χ0n) is 19.0. The number of esters is 1. The number of fused-ring (bicyclic) bond motifs is 2. The molecular weight excluding hydrogens is 388 g/mol. The van der Waals surface area contributed by atoms with E-state index in [0.29, 0.717) is 0 Å². The molecule has 1 aromatic rings. The number of piperazine rings is 1. The van der Waals surface area contributed by atoms with Crippen molar-refractivity contribution in [1.82, 2.24) is 4.90 Å². The molecule has 5 heteroatoms. The second kappa shape index (κ2) is 8.01. The van der Waals surface area contributed by atoms with E-state index in [2.05, 4.69) is 47.9 Å². The Morgan fingerprint density at radius 3 is 2.61 bits per heavy atom. The number of methoxy groups -OCH3 is 1. The largest absolute Gasteiger partial charge is 0.497 e. The summed E-state index contributed by atoms with van der Waals surface area (Å²) in [4.78, 5) is 17.7. The van der Waals surface area contributed by atoms with Crippen molar-refractivity contribution in [2.24, 2.45) is 17.3 Å². The molecule has 31 heavy (non-hydrogen) atoms. The summed E-state index contributed by atoms with van der Waals surface area (Å²) in [7, 11) is 1.70. The SMILES string of the molecule is COc1ccc(N2CCN(C[C@@H]3C(=O)O[C@@H]4C[C@@]5(C)CCC=C(C)C5=C[C@H]34)CC2)cc1. The predicted molar refractivity (Wildman–Crippen MR) is 122 cm³/mol. The van der Waals surface area contributed by atoms with Gasteiger partial charge in [0.2, 0.25) is 0 Å². The number of anilines is 1. The zero-order valence-corrected chi connectivity index (χ0v) is 19.0. The van der Waals surface area contributed by atoms with Gasteiger partial charge in [-0.25, -0.2) is 0 Å². The van der Waals surface area contributed by atoms with Crippen LogP contribution in [0.3, 0.4) is 0 Å². The quantitative estimate of drug-likeness (QED) is 0.685. The van der Waals surface area contributed by atoms with Gasteiger partial charge in [-0.3, -0.25) is 9.69 Å². The van der Waals surface area contributed by atoms with E-state index in [1.165, 1.54) is 16.8 Å². The molecule has 2 aliphatic carbocycles. The van der Waals surface area contributed by atoms with E-state index in [-0.39, 0.29) is 29.3 Å². The van der Waals surface area contributed by atoms with Crippen molar-refractivity contribution >= 4 is 11.7 Å². The van der Waals surface area contributed by atoms with Gasteiger partial charge in [-0.1, -0.05) is 24.6 Å². The van der Waals surface area contributed by atoms with Crippen LogP contribution in [-0.4, -0.2) is 56.8 Å². The first-order chi connectivity index (χ1) is 15.0. The van der Waals surface area contributed by atoms with Crippen LogP contribution in [0, 0.1) is 17.3 Å². The van der Waals surface area contributed by atoms with Crippen LogP contribution in [0.4, 0.5) is 5.69 Å². The molecule has 5 rings (SSSR count). The van der Waals surface area contributed by atoms with Gasteiger partial charge in [0, 0.05) is 44.3 Å². The molecule has 2 saturated heterocycles. The average molecular weight is 423 g/mol. The third-order valence-electron chi connectivity index (χ3n) is 7.96. The number of hydrogen-bond acceptors (Lipinski definition) is 5. The molecule has 4 aliphatic rings. The van der Waals surface area contributed by atoms with Gasteiger partial charge >= 0.3 is 5.97 Å². The molecule has 0 unspecified atom stereocenters. The molecule has 0 amide bonds. The van der Waals surface area contributed by atoms with Crippen molar-refractivity contribution in [3.8, 4) is 5.75 Å². The number of nitrogens with zero attached hydrogens (tertiary/aromatic N) is 2. The lowest BCUT2D eigenvalue weighted by atomic mass is 9.62. The van der Waals surface area contributed by atoms with E-state index < -0.39 is 0 Å². The van der Waals surface area contributed by atoms with Crippen molar-refractivity contribution < 1.29 is 14.3 Å². The van der Waals surface area contributed by atoms with Gasteiger partial charge in [0.05, 0.1) is 13.0 Å². The highest BCUT2D eigenvalue weighted by atomic mass is 16.6. The summed E-state index contributed by atoms with van der Waals surface area (Å²) < 4.78 is 11.2. The molecule has 2 aliphatic heterocycles. The summed E-state index contributed by atoms with van der Waals surface area (Å²) in [6, 6.07) is 8.28. The molecule has 4 atom stereocenters. The van der Waals surface area contributed by atoms with E-state index in [1.807, 2.05) is 12.1 Å². The molecule has 1 aromatic carbocycles. The third-order valence-corrected chi connectivity index (χ3v) is 7.96. The van der Waals surface area contributed by atoms with Crippen molar-refractivity contribution in [3.05, 3.63) is 47.6 Å². The lowest BCUT2D eigenvalue weighted by Crippen LogP contribution is -2.49. The Morgan fingerprint density at radius 1 is 1.16 bits per heavy atom. The minimum atomic E-state index is -0.0377. The van der Waals surface area contributed by atoms with Gasteiger partial charge in [-0.2, -0.15) is 0 Å². The summed E-state index contributed by atoms with van der Waals surface area (Å²) in [5, 5.41) is 0. The molecule has 0 aromatic heterocycles. The van der Waals surface area contributed by atoms with Crippen LogP contribution in [0.15, 0.2) is 47.6 Å². The Morgan fingerprint density at radius 2 is 1.90 bits per heavy atom. The number of allylic oxidation sites excluding steroid dienone is 3. The number of benzene rings is 1. The van der Waals surface area contributed by atoms with Crippen molar-refractivity contribution in [2.75, 3.05) is 44.7 Å². The van der Waals surface area contributed by atoms with E-state index in [9.17, 15) is 4.79 Å². The molecule has 5 nitrogen and oxygen atoms in total. The highest BCUT2D eigenvalue weighted by molar-refractivity contribution is 5.76. The fourth-order valence-corrected chi connectivity index (χ4v) is 6.10. The van der Waals surface area contributed by atoms with Crippen molar-refractivity contribution in [1.29, 1.82) is 0 Å². The van der Waals surface area contributed by atoms with E-state index in [1.54, 1.807) is 7.11 Å². The Kier molecular flexibility index (Phi) is 5.33. The molecule has 0 N–H and O–H groups in total. The highest BCUT2D eigenvalue weighted by Crippen LogP contribution is 2.52. The van der Waals surface area contributed by atoms with Crippen LogP contribution in [0.25, 0.3) is 0 Å². The summed E-state index contributed by atoms with van der Waals surface area (Å²) >= 11 is 0. The standard InChI is InChI=1S/C26H34N2O3/c1-18-5-4-10-26(2)16-24-21(15-23(18)26)22(25(29)31-24)17-27-11-13-28(14-12-27)19-6-8-20(30-3)9-7-19/h5-9,15,21-22,24H,4,10-14,16-17H2,1-3H3/t21-,22+,24-,26-/m1/s1. The minimum Gasteiger partial charge on any atom is -0.497 e. The Balaban J connectivity index is 1.25. The molecule has 166 valence electrons. The fourth-order valence-electron chi connectivity index (χ4n) is 6.10. The average Bonchev–Trinajstić information content (AvgIpc) is 3.06. The molecule has 2 heterocycles. The van der Waals surface area contributed by atoms with Crippen LogP contribution in [0.5, 0.6) is 5.75 Å². The minimum absolute atomic E-state index is 0.00770. The first-order valence-electron chi connectivity index (χ1n) is 11.7. The first-order valence-corrected chi connectivity index (χ1v) is 11.7. The second-order valence-electron chi connectivity index (χ2n) is 9.92. The lowest BCUT2D eigenvalue weighted by Gasteiger charge is -2.43. The number of rotatable bonds is 4. The first kappa shape index (κ1) is 20.6. The van der Waals surface area contributed by atoms with E-state index in [4.69, 9.17) is 9.47 Å². The molecule has 0 radical (unpaired) electrons. The van der Waals surface area contributed by atoms with E-state index >= 15 is 0 Å². The van der Waals surface area contributed by atoms with Gasteiger partial charge in [0.1, 0.15) is 11.9 Å². The number of hydrogen-bond donors (Lipinski definition) is 0. The van der Waals surface area contributed by atoms with Crippen LogP contribution in [0.2, 0.25) is 0 Å². The molecule has 2 fully saturated rings. The zero-order chi connectivity index (χ0) is 21.6. The molecular formula is C26H34N2O3. The Labute approximate surface area is 185 Å². The molecule has 0 saturated carbocycles. The van der Waals surface area contributed by atoms with Gasteiger partial charge in [-0.15, -0.1) is 0 Å². The van der Waals surface area contributed by atoms with Gasteiger partial charge in [-0.05, 0) is 61.4 Å². The maximum atomic E-state index is 12.8. The predicted octanol–water partition coefficient (Wildman–Crippen LogP) is 4.05. The summed E-state index contributed by atoms with van der Waals surface area (Å²) in [5.41, 5.74) is 4.27. The van der Waals surface area contributed by atoms with Gasteiger partial charge < -0.3 is 14.4 Å². The lowest BCUT2D eigenvalue weighted by molar-refractivity contribution is -0.145. The summed E-state index contributed by atoms with van der Waals surface area (Å²) in [5.74, 6) is 1.08. The monoisotopic (exact) mass is 422 g/mol. The fraction of sp³-hybridized carbons (Fsp3) is 0.577. The second-order valence-corrected chi connectivity index (χ2v) is 9.92. The van der Waals surface area contributed by atoms with Crippen molar-refractivity contribution in [2.45, 2.75) is 39.2 Å². The Hall–Kier alpha value is -2.27. The van der Waals surface area contributed by atoms with Gasteiger partial charge in [0.25, 0.3) is 0 Å². The summed E-state index contributed by atoms with van der Waals surface area (Å²) in [6.07, 6.45) is 8.09. The topological polar surface area (TPSA) is 42.0 Å². The van der Waals surface area contributed by atoms with Crippen LogP contribution in [-0.2, 0) is 9.53 Å². The number of ether oxygens (including phenoxy) is 2. The van der Waals surface area contributed by atoms with E-state index in [0.717, 1.165) is 57.7 Å². The Bertz CT molecular complexity index is 898. The number of carbonyl (C=O) groups is 1. The van der Waals surface area contributed by atoms with Crippen LogP contribution < -0.4 is 9.64 Å². The summed E-state index contributed by atoms with van der Waals surface area (Å²) in [6.45, 7) is 9.28. The van der Waals surface area contributed by atoms with Crippen molar-refractivity contribution in [3.63, 3.8) is 0 Å². The number of carbonyl (C=O) groups excluding carboxylic acids is 1. The maximum absolute atomic E-state index is 12.8. The molecule has 0 bridgehead atoms. The smallest absolute Gasteiger partial charge is 0.311 e. The van der Waals surface area contributed by atoms with Gasteiger partial charge in [0.15, 0.2) is 0 Å². The maximum Gasteiger partial charge on any atom is 0.311 e. The van der Waals surface area contributed by atoms with Crippen LogP contribution >= 0.6 is 0 Å². The highest BCUT2D eigenvalue weighted by Gasteiger charge is 2.51.